The molecule has 1 aromatic carbocycles. The molecule has 1 aromatic rings. The topological polar surface area (TPSA) is 49.3 Å². The molecule has 0 radical (unpaired) electrons. The maximum Gasteiger partial charge on any atom is 0.167 e. The number of Topliss-reactive ketones (excluding diaryl/α,β-unsaturated/α-hetero) is 1. The summed E-state index contributed by atoms with van der Waals surface area (Å²) in [6.07, 6.45) is 0.235. The number of halogens is 1. The Kier molecular flexibility index (Phi) is 2.78. The molecule has 16 heavy (non-hydrogen) atoms. The van der Waals surface area contributed by atoms with E-state index in [2.05, 4.69) is 5.32 Å². The van der Waals surface area contributed by atoms with Gasteiger partial charge in [0.05, 0.1) is 0 Å². The summed E-state index contributed by atoms with van der Waals surface area (Å²) in [4.78, 5) is 11.6. The molecule has 2 rings (SSSR count). The molecule has 1 saturated heterocycles. The lowest BCUT2D eigenvalue weighted by Crippen LogP contribution is -2.51. The van der Waals surface area contributed by atoms with Crippen LogP contribution in [0.3, 0.4) is 0 Å². The predicted molar refractivity (Wildman–Crippen MR) is 57.4 cm³/mol. The Hall–Kier alpha value is -1.26. The van der Waals surface area contributed by atoms with Gasteiger partial charge in [-0.2, -0.15) is 0 Å². The van der Waals surface area contributed by atoms with Crippen molar-refractivity contribution < 1.29 is 14.3 Å². The Balaban J connectivity index is 2.14. The molecule has 2 atom stereocenters. The molecule has 2 unspecified atom stereocenters. The normalized spacial score (nSPS) is 30.4. The maximum absolute atomic E-state index is 12.7. The van der Waals surface area contributed by atoms with E-state index in [9.17, 15) is 14.3 Å². The van der Waals surface area contributed by atoms with Crippen LogP contribution in [0.4, 0.5) is 4.39 Å². The van der Waals surface area contributed by atoms with Gasteiger partial charge in [-0.25, -0.2) is 4.39 Å². The minimum Gasteiger partial charge on any atom is -0.381 e. The summed E-state index contributed by atoms with van der Waals surface area (Å²) in [5.41, 5.74) is -0.415. The van der Waals surface area contributed by atoms with Crippen LogP contribution in [0.1, 0.15) is 24.9 Å². The number of aliphatic hydroxyl groups is 1. The number of carbonyl (C=O) groups is 1. The van der Waals surface area contributed by atoms with Crippen LogP contribution in [0.2, 0.25) is 0 Å². The van der Waals surface area contributed by atoms with Crippen molar-refractivity contribution in [2.24, 2.45) is 0 Å². The number of ketones is 1. The average Bonchev–Trinajstić information content (AvgIpc) is 2.24. The number of rotatable bonds is 1. The number of hydrogen-bond acceptors (Lipinski definition) is 3. The molecule has 3 nitrogen and oxygen atoms in total. The highest BCUT2D eigenvalue weighted by Crippen LogP contribution is 2.25. The fourth-order valence-electron chi connectivity index (χ4n) is 1.83. The lowest BCUT2D eigenvalue weighted by atomic mass is 9.88. The van der Waals surface area contributed by atoms with Gasteiger partial charge in [0, 0.05) is 19.0 Å². The van der Waals surface area contributed by atoms with Crippen LogP contribution in [-0.4, -0.2) is 23.0 Å². The van der Waals surface area contributed by atoms with Gasteiger partial charge in [-0.1, -0.05) is 12.1 Å². The molecule has 1 heterocycles. The highest BCUT2D eigenvalue weighted by atomic mass is 19.1. The number of piperidine rings is 1. The Morgan fingerprint density at radius 2 is 2.06 bits per heavy atom. The van der Waals surface area contributed by atoms with Crippen LogP contribution >= 0.6 is 0 Å². The maximum atomic E-state index is 12.7. The van der Waals surface area contributed by atoms with Crippen LogP contribution in [0, 0.1) is 5.82 Å². The van der Waals surface area contributed by atoms with Gasteiger partial charge in [-0.15, -0.1) is 0 Å². The van der Waals surface area contributed by atoms with Gasteiger partial charge in [0.1, 0.15) is 11.4 Å². The predicted octanol–water partition coefficient (Wildman–Crippen LogP) is 1.18. The lowest BCUT2D eigenvalue weighted by Gasteiger charge is -2.33. The third-order valence-corrected chi connectivity index (χ3v) is 2.96. The summed E-state index contributed by atoms with van der Waals surface area (Å²) in [5.74, 6) is -0.474. The van der Waals surface area contributed by atoms with Crippen molar-refractivity contribution in [2.45, 2.75) is 25.0 Å². The van der Waals surface area contributed by atoms with Crippen LogP contribution in [0.25, 0.3) is 0 Å². The second-order valence-corrected chi connectivity index (χ2v) is 4.39. The minimum atomic E-state index is -1.28. The first-order chi connectivity index (χ1) is 7.49. The summed E-state index contributed by atoms with van der Waals surface area (Å²) in [5, 5.41) is 12.8. The van der Waals surface area contributed by atoms with Crippen molar-refractivity contribution in [1.82, 2.24) is 5.32 Å². The largest absolute Gasteiger partial charge is 0.381 e. The first-order valence-electron chi connectivity index (χ1n) is 5.23. The van der Waals surface area contributed by atoms with Crippen LogP contribution in [0.5, 0.6) is 0 Å². The molecule has 2 N–H and O–H groups in total. The SMILES string of the molecule is CC1(O)CNC(c2ccc(F)cc2)CC1=O. The van der Waals surface area contributed by atoms with Crippen molar-refractivity contribution >= 4 is 5.78 Å². The summed E-state index contributed by atoms with van der Waals surface area (Å²) in [6.45, 7) is 1.73. The molecule has 0 saturated carbocycles. The molecule has 86 valence electrons. The fraction of sp³-hybridized carbons (Fsp3) is 0.417. The van der Waals surface area contributed by atoms with Gasteiger partial charge in [0.2, 0.25) is 0 Å². The summed E-state index contributed by atoms with van der Waals surface area (Å²) in [6, 6.07) is 5.91. The van der Waals surface area contributed by atoms with Gasteiger partial charge < -0.3 is 10.4 Å². The van der Waals surface area contributed by atoms with E-state index < -0.39 is 5.60 Å². The van der Waals surface area contributed by atoms with Crippen LogP contribution in [-0.2, 0) is 4.79 Å². The van der Waals surface area contributed by atoms with Crippen molar-refractivity contribution in [1.29, 1.82) is 0 Å². The van der Waals surface area contributed by atoms with Crippen molar-refractivity contribution in [3.63, 3.8) is 0 Å². The first kappa shape index (κ1) is 11.2. The number of β-amino-alcohol motifs (C(OH)–C–C–N with tert-alkyl or cyclic N) is 1. The fourth-order valence-corrected chi connectivity index (χ4v) is 1.83. The molecule has 1 aliphatic rings. The highest BCUT2D eigenvalue weighted by molar-refractivity contribution is 5.88. The molecule has 1 fully saturated rings. The van der Waals surface area contributed by atoms with Crippen molar-refractivity contribution in [3.05, 3.63) is 35.6 Å². The Bertz CT molecular complexity index is 400. The Morgan fingerprint density at radius 1 is 1.44 bits per heavy atom. The van der Waals surface area contributed by atoms with E-state index in [1.54, 1.807) is 12.1 Å². The molecular weight excluding hydrogens is 209 g/mol. The smallest absolute Gasteiger partial charge is 0.167 e. The third-order valence-electron chi connectivity index (χ3n) is 2.96. The summed E-state index contributed by atoms with van der Waals surface area (Å²) >= 11 is 0. The zero-order chi connectivity index (χ0) is 11.8. The zero-order valence-electron chi connectivity index (χ0n) is 9.03. The zero-order valence-corrected chi connectivity index (χ0v) is 9.03. The molecule has 0 aromatic heterocycles. The standard InChI is InChI=1S/C12H14FNO2/c1-12(16)7-14-10(6-11(12)15)8-2-4-9(13)5-3-8/h2-5,10,14,16H,6-7H2,1H3. The van der Waals surface area contributed by atoms with Crippen molar-refractivity contribution in [2.75, 3.05) is 6.54 Å². The number of carbonyl (C=O) groups excluding carboxylic acids is 1. The van der Waals surface area contributed by atoms with E-state index in [-0.39, 0.29) is 30.6 Å². The average molecular weight is 223 g/mol. The first-order valence-corrected chi connectivity index (χ1v) is 5.23. The Labute approximate surface area is 93.3 Å². The van der Waals surface area contributed by atoms with E-state index >= 15 is 0 Å². The van der Waals surface area contributed by atoms with Crippen molar-refractivity contribution in [3.8, 4) is 0 Å². The quantitative estimate of drug-likeness (QED) is 0.751. The molecule has 0 amide bonds. The van der Waals surface area contributed by atoms with Gasteiger partial charge in [0.25, 0.3) is 0 Å². The molecule has 0 aliphatic carbocycles. The minimum absolute atomic E-state index is 0.131. The second kappa shape index (κ2) is 3.96. The van der Waals surface area contributed by atoms with E-state index in [1.165, 1.54) is 19.1 Å². The molecule has 1 aliphatic heterocycles. The van der Waals surface area contributed by atoms with E-state index in [0.29, 0.717) is 0 Å². The van der Waals surface area contributed by atoms with E-state index in [4.69, 9.17) is 0 Å². The third kappa shape index (κ3) is 2.13. The number of hydrogen-bond donors (Lipinski definition) is 2. The van der Waals surface area contributed by atoms with Gasteiger partial charge >= 0.3 is 0 Å². The highest BCUT2D eigenvalue weighted by Gasteiger charge is 2.36. The number of nitrogens with one attached hydrogen (secondary N) is 1. The molecular formula is C12H14FNO2. The number of benzene rings is 1. The van der Waals surface area contributed by atoms with Gasteiger partial charge in [-0.3, -0.25) is 4.79 Å². The monoisotopic (exact) mass is 223 g/mol. The Morgan fingerprint density at radius 3 is 2.62 bits per heavy atom. The van der Waals surface area contributed by atoms with E-state index in [0.717, 1.165) is 5.56 Å². The van der Waals surface area contributed by atoms with Gasteiger partial charge in [0.15, 0.2) is 5.78 Å². The molecule has 0 bridgehead atoms. The second-order valence-electron chi connectivity index (χ2n) is 4.39. The molecule has 0 spiro atoms. The summed E-state index contributed by atoms with van der Waals surface area (Å²) < 4.78 is 12.7. The summed E-state index contributed by atoms with van der Waals surface area (Å²) in [7, 11) is 0. The lowest BCUT2D eigenvalue weighted by molar-refractivity contribution is -0.138. The van der Waals surface area contributed by atoms with E-state index in [1.807, 2.05) is 0 Å². The van der Waals surface area contributed by atoms with Crippen LogP contribution < -0.4 is 5.32 Å². The van der Waals surface area contributed by atoms with Crippen LogP contribution in [0.15, 0.2) is 24.3 Å². The van der Waals surface area contributed by atoms with Gasteiger partial charge in [-0.05, 0) is 24.6 Å². The molecule has 4 heteroatoms.